The molecule has 0 aliphatic heterocycles. The lowest BCUT2D eigenvalue weighted by Gasteiger charge is -2.28. The average molecular weight is 236 g/mol. The number of para-hydroxylation sites is 1. The standard InChI is InChI=1S/C14H24N2O/c1-5-10-17-13-9-7-8-12(14(13)15)16(4)11(3)6-2/h7-9,11H,5-6,10,15H2,1-4H3. The maximum absolute atomic E-state index is 6.15. The van der Waals surface area contributed by atoms with Crippen LogP contribution in [0.3, 0.4) is 0 Å². The fraction of sp³-hybridized carbons (Fsp3) is 0.571. The molecule has 3 heteroatoms. The molecule has 0 aliphatic rings. The van der Waals surface area contributed by atoms with E-state index in [4.69, 9.17) is 10.5 Å². The van der Waals surface area contributed by atoms with Crippen molar-refractivity contribution in [1.29, 1.82) is 0 Å². The number of nitrogen functional groups attached to an aromatic ring is 1. The number of hydrogen-bond donors (Lipinski definition) is 1. The number of hydrogen-bond acceptors (Lipinski definition) is 3. The Morgan fingerprint density at radius 1 is 1.35 bits per heavy atom. The van der Waals surface area contributed by atoms with Crippen LogP contribution in [0.2, 0.25) is 0 Å². The Morgan fingerprint density at radius 3 is 2.65 bits per heavy atom. The van der Waals surface area contributed by atoms with Crippen LogP contribution in [0.25, 0.3) is 0 Å². The molecule has 0 aromatic heterocycles. The molecule has 96 valence electrons. The molecule has 1 aromatic carbocycles. The third-order valence-corrected chi connectivity index (χ3v) is 3.14. The third kappa shape index (κ3) is 3.29. The topological polar surface area (TPSA) is 38.5 Å². The molecular weight excluding hydrogens is 212 g/mol. The van der Waals surface area contributed by atoms with Crippen molar-refractivity contribution in [2.45, 2.75) is 39.7 Å². The Morgan fingerprint density at radius 2 is 2.06 bits per heavy atom. The molecule has 0 aliphatic carbocycles. The molecule has 1 atom stereocenters. The van der Waals surface area contributed by atoms with Crippen molar-refractivity contribution in [3.8, 4) is 5.75 Å². The van der Waals surface area contributed by atoms with E-state index in [1.807, 2.05) is 18.2 Å². The highest BCUT2D eigenvalue weighted by molar-refractivity contribution is 5.74. The van der Waals surface area contributed by atoms with E-state index in [1.165, 1.54) is 0 Å². The lowest BCUT2D eigenvalue weighted by molar-refractivity contribution is 0.319. The third-order valence-electron chi connectivity index (χ3n) is 3.14. The lowest BCUT2D eigenvalue weighted by Crippen LogP contribution is -2.28. The molecule has 1 unspecified atom stereocenters. The molecule has 0 saturated heterocycles. The summed E-state index contributed by atoms with van der Waals surface area (Å²) in [5.74, 6) is 0.791. The SMILES string of the molecule is CCCOc1cccc(N(C)C(C)CC)c1N. The van der Waals surface area contributed by atoms with Gasteiger partial charge in [0.1, 0.15) is 5.75 Å². The number of benzene rings is 1. The van der Waals surface area contributed by atoms with Gasteiger partial charge in [-0.25, -0.2) is 0 Å². The minimum atomic E-state index is 0.471. The monoisotopic (exact) mass is 236 g/mol. The van der Waals surface area contributed by atoms with Gasteiger partial charge in [-0.2, -0.15) is 0 Å². The van der Waals surface area contributed by atoms with Crippen LogP contribution in [0.5, 0.6) is 5.75 Å². The number of rotatable bonds is 6. The highest BCUT2D eigenvalue weighted by atomic mass is 16.5. The number of nitrogens with zero attached hydrogens (tertiary/aromatic N) is 1. The van der Waals surface area contributed by atoms with E-state index < -0.39 is 0 Å². The second-order valence-corrected chi connectivity index (χ2v) is 4.41. The zero-order valence-electron chi connectivity index (χ0n) is 11.4. The summed E-state index contributed by atoms with van der Waals surface area (Å²) in [6.07, 6.45) is 2.08. The van der Waals surface area contributed by atoms with Crippen molar-refractivity contribution in [1.82, 2.24) is 0 Å². The van der Waals surface area contributed by atoms with E-state index >= 15 is 0 Å². The molecule has 0 saturated carbocycles. The van der Waals surface area contributed by atoms with Crippen LogP contribution in [-0.4, -0.2) is 19.7 Å². The molecule has 0 bridgehead atoms. The largest absolute Gasteiger partial charge is 0.491 e. The lowest BCUT2D eigenvalue weighted by atomic mass is 10.1. The molecule has 0 radical (unpaired) electrons. The van der Waals surface area contributed by atoms with Crippen molar-refractivity contribution < 1.29 is 4.74 Å². The van der Waals surface area contributed by atoms with Crippen LogP contribution in [0.1, 0.15) is 33.6 Å². The molecule has 3 nitrogen and oxygen atoms in total. The fourth-order valence-corrected chi connectivity index (χ4v) is 1.69. The van der Waals surface area contributed by atoms with Gasteiger partial charge in [0.2, 0.25) is 0 Å². The van der Waals surface area contributed by atoms with Gasteiger partial charge in [0.15, 0.2) is 0 Å². The van der Waals surface area contributed by atoms with Gasteiger partial charge in [0, 0.05) is 13.1 Å². The quantitative estimate of drug-likeness (QED) is 0.770. The van der Waals surface area contributed by atoms with E-state index in [9.17, 15) is 0 Å². The summed E-state index contributed by atoms with van der Waals surface area (Å²) in [6, 6.07) is 6.44. The Bertz CT molecular complexity index is 352. The highest BCUT2D eigenvalue weighted by Crippen LogP contribution is 2.32. The summed E-state index contributed by atoms with van der Waals surface area (Å²) in [6.45, 7) is 7.17. The molecule has 0 amide bonds. The van der Waals surface area contributed by atoms with Crippen LogP contribution in [0.15, 0.2) is 18.2 Å². The first kappa shape index (κ1) is 13.7. The van der Waals surface area contributed by atoms with E-state index in [0.717, 1.165) is 30.0 Å². The summed E-state index contributed by atoms with van der Waals surface area (Å²) in [5.41, 5.74) is 7.94. The molecule has 2 N–H and O–H groups in total. The first-order valence-corrected chi connectivity index (χ1v) is 6.35. The van der Waals surface area contributed by atoms with Crippen molar-refractivity contribution in [3.63, 3.8) is 0 Å². The zero-order chi connectivity index (χ0) is 12.8. The minimum absolute atomic E-state index is 0.471. The molecule has 0 heterocycles. The zero-order valence-corrected chi connectivity index (χ0v) is 11.4. The van der Waals surface area contributed by atoms with Crippen molar-refractivity contribution in [3.05, 3.63) is 18.2 Å². The Kier molecular flexibility index (Phi) is 5.13. The number of anilines is 2. The molecule has 0 fully saturated rings. The van der Waals surface area contributed by atoms with E-state index in [-0.39, 0.29) is 0 Å². The average Bonchev–Trinajstić information content (AvgIpc) is 2.35. The summed E-state index contributed by atoms with van der Waals surface area (Å²) >= 11 is 0. The Balaban J connectivity index is 2.93. The minimum Gasteiger partial charge on any atom is -0.491 e. The van der Waals surface area contributed by atoms with Gasteiger partial charge in [-0.15, -0.1) is 0 Å². The van der Waals surface area contributed by atoms with Gasteiger partial charge in [0.25, 0.3) is 0 Å². The number of nitrogens with two attached hydrogens (primary N) is 1. The van der Waals surface area contributed by atoms with E-state index in [1.54, 1.807) is 0 Å². The Labute approximate surface area is 105 Å². The fourth-order valence-electron chi connectivity index (χ4n) is 1.69. The highest BCUT2D eigenvalue weighted by Gasteiger charge is 2.13. The normalized spacial score (nSPS) is 12.2. The van der Waals surface area contributed by atoms with Crippen LogP contribution < -0.4 is 15.4 Å². The maximum atomic E-state index is 6.15. The molecule has 1 aromatic rings. The predicted octanol–water partition coefficient (Wildman–Crippen LogP) is 3.29. The molecule has 0 spiro atoms. The van der Waals surface area contributed by atoms with Gasteiger partial charge >= 0.3 is 0 Å². The van der Waals surface area contributed by atoms with Gasteiger partial charge < -0.3 is 15.4 Å². The first-order chi connectivity index (χ1) is 8.11. The summed E-state index contributed by atoms with van der Waals surface area (Å²) in [5, 5.41) is 0. The van der Waals surface area contributed by atoms with Crippen LogP contribution in [0, 0.1) is 0 Å². The smallest absolute Gasteiger partial charge is 0.144 e. The van der Waals surface area contributed by atoms with Crippen LogP contribution >= 0.6 is 0 Å². The van der Waals surface area contributed by atoms with Gasteiger partial charge in [-0.05, 0) is 31.9 Å². The second kappa shape index (κ2) is 6.38. The van der Waals surface area contributed by atoms with E-state index in [0.29, 0.717) is 12.6 Å². The van der Waals surface area contributed by atoms with E-state index in [2.05, 4.69) is 32.7 Å². The van der Waals surface area contributed by atoms with Crippen LogP contribution in [0.4, 0.5) is 11.4 Å². The van der Waals surface area contributed by atoms with Gasteiger partial charge in [-0.3, -0.25) is 0 Å². The summed E-state index contributed by atoms with van der Waals surface area (Å²) < 4.78 is 5.64. The first-order valence-electron chi connectivity index (χ1n) is 6.35. The van der Waals surface area contributed by atoms with Crippen molar-refractivity contribution >= 4 is 11.4 Å². The number of ether oxygens (including phenoxy) is 1. The predicted molar refractivity (Wildman–Crippen MR) is 74.8 cm³/mol. The van der Waals surface area contributed by atoms with Gasteiger partial charge in [0.05, 0.1) is 18.0 Å². The maximum Gasteiger partial charge on any atom is 0.144 e. The molecular formula is C14H24N2O. The second-order valence-electron chi connectivity index (χ2n) is 4.41. The van der Waals surface area contributed by atoms with Gasteiger partial charge in [-0.1, -0.05) is 19.9 Å². The van der Waals surface area contributed by atoms with Crippen LogP contribution in [-0.2, 0) is 0 Å². The molecule has 17 heavy (non-hydrogen) atoms. The summed E-state index contributed by atoms with van der Waals surface area (Å²) in [7, 11) is 2.07. The van der Waals surface area contributed by atoms with Crippen molar-refractivity contribution in [2.24, 2.45) is 0 Å². The summed E-state index contributed by atoms with van der Waals surface area (Å²) in [4.78, 5) is 2.20. The Hall–Kier alpha value is -1.38. The molecule has 1 rings (SSSR count). The van der Waals surface area contributed by atoms with Crippen molar-refractivity contribution in [2.75, 3.05) is 24.3 Å².